The van der Waals surface area contributed by atoms with Crippen LogP contribution in [0.4, 0.5) is 0 Å². The Labute approximate surface area is 83.7 Å². The smallest absolute Gasteiger partial charge is 0.377 e. The molecule has 0 bridgehead atoms. The van der Waals surface area contributed by atoms with Gasteiger partial charge in [-0.25, -0.2) is 4.79 Å². The summed E-state index contributed by atoms with van der Waals surface area (Å²) in [6, 6.07) is 0. The highest BCUT2D eigenvalue weighted by molar-refractivity contribution is 5.83. The van der Waals surface area contributed by atoms with Gasteiger partial charge in [0, 0.05) is 0 Å². The number of nitrogens with zero attached hydrogens (tertiary/aromatic N) is 3. The molecule has 1 N–H and O–H groups in total. The van der Waals surface area contributed by atoms with E-state index in [4.69, 9.17) is 14.2 Å². The van der Waals surface area contributed by atoms with Crippen LogP contribution in [0.25, 0.3) is 11.5 Å². The molecule has 7 heteroatoms. The third-order valence-corrected chi connectivity index (χ3v) is 1.86. The van der Waals surface area contributed by atoms with E-state index in [0.717, 1.165) is 0 Å². The van der Waals surface area contributed by atoms with Gasteiger partial charge in [-0.15, -0.1) is 0 Å². The standard InChI is InChI=1S/C8H7N3O4/c1-3-5(4(2)14-10-3)7-9-6(8(12)13)11-15-7/h1-2H3,(H,12,13). The monoisotopic (exact) mass is 209 g/mol. The van der Waals surface area contributed by atoms with Crippen LogP contribution in [-0.4, -0.2) is 26.4 Å². The zero-order chi connectivity index (χ0) is 11.0. The molecule has 15 heavy (non-hydrogen) atoms. The van der Waals surface area contributed by atoms with E-state index >= 15 is 0 Å². The van der Waals surface area contributed by atoms with Crippen LogP contribution in [0.3, 0.4) is 0 Å². The van der Waals surface area contributed by atoms with Gasteiger partial charge in [0.15, 0.2) is 0 Å². The zero-order valence-electron chi connectivity index (χ0n) is 8.01. The summed E-state index contributed by atoms with van der Waals surface area (Å²) in [5.41, 5.74) is 1.11. The summed E-state index contributed by atoms with van der Waals surface area (Å²) in [5, 5.41) is 15.6. The van der Waals surface area contributed by atoms with Gasteiger partial charge >= 0.3 is 5.97 Å². The highest BCUT2D eigenvalue weighted by Gasteiger charge is 2.20. The minimum Gasteiger partial charge on any atom is -0.475 e. The van der Waals surface area contributed by atoms with Crippen molar-refractivity contribution in [2.75, 3.05) is 0 Å². The lowest BCUT2D eigenvalue weighted by Crippen LogP contribution is -1.98. The van der Waals surface area contributed by atoms with Crippen LogP contribution in [0, 0.1) is 13.8 Å². The van der Waals surface area contributed by atoms with Gasteiger partial charge in [0.1, 0.15) is 11.3 Å². The molecule has 0 aliphatic rings. The Morgan fingerprint density at radius 3 is 2.47 bits per heavy atom. The fraction of sp³-hybridized carbons (Fsp3) is 0.250. The molecule has 2 aromatic rings. The third-order valence-electron chi connectivity index (χ3n) is 1.86. The van der Waals surface area contributed by atoms with Gasteiger partial charge in [-0.1, -0.05) is 5.16 Å². The molecule has 0 radical (unpaired) electrons. The number of hydrogen-bond donors (Lipinski definition) is 1. The maximum Gasteiger partial charge on any atom is 0.377 e. The number of aromatic carboxylic acids is 1. The van der Waals surface area contributed by atoms with Crippen molar-refractivity contribution in [1.29, 1.82) is 0 Å². The first-order valence-corrected chi connectivity index (χ1v) is 4.10. The van der Waals surface area contributed by atoms with Crippen molar-refractivity contribution in [3.63, 3.8) is 0 Å². The summed E-state index contributed by atoms with van der Waals surface area (Å²) in [6.07, 6.45) is 0. The van der Waals surface area contributed by atoms with Gasteiger partial charge in [-0.2, -0.15) is 4.98 Å². The molecule has 78 valence electrons. The first-order valence-electron chi connectivity index (χ1n) is 4.10. The number of carboxylic acids is 1. The van der Waals surface area contributed by atoms with E-state index in [-0.39, 0.29) is 11.7 Å². The summed E-state index contributed by atoms with van der Waals surface area (Å²) in [6.45, 7) is 3.39. The topological polar surface area (TPSA) is 102 Å². The Kier molecular flexibility index (Phi) is 2.00. The predicted molar refractivity (Wildman–Crippen MR) is 46.2 cm³/mol. The summed E-state index contributed by atoms with van der Waals surface area (Å²) in [5.74, 6) is -1.02. The van der Waals surface area contributed by atoms with Crippen molar-refractivity contribution < 1.29 is 18.9 Å². The molecule has 0 amide bonds. The maximum atomic E-state index is 10.5. The Bertz CT molecular complexity index is 494. The van der Waals surface area contributed by atoms with Gasteiger partial charge in [-0.05, 0) is 19.0 Å². The number of aromatic nitrogens is 3. The lowest BCUT2D eigenvalue weighted by atomic mass is 10.2. The van der Waals surface area contributed by atoms with Crippen LogP contribution in [-0.2, 0) is 0 Å². The molecule has 0 atom stereocenters. The van der Waals surface area contributed by atoms with Crippen molar-refractivity contribution in [3.8, 4) is 11.5 Å². The molecule has 0 aliphatic carbocycles. The zero-order valence-corrected chi connectivity index (χ0v) is 8.01. The van der Waals surface area contributed by atoms with E-state index in [1.807, 2.05) is 0 Å². The molecular weight excluding hydrogens is 202 g/mol. The van der Waals surface area contributed by atoms with E-state index in [1.54, 1.807) is 13.8 Å². The fourth-order valence-electron chi connectivity index (χ4n) is 1.20. The molecular formula is C8H7N3O4. The summed E-state index contributed by atoms with van der Waals surface area (Å²) < 4.78 is 9.68. The summed E-state index contributed by atoms with van der Waals surface area (Å²) >= 11 is 0. The highest BCUT2D eigenvalue weighted by Crippen LogP contribution is 2.24. The van der Waals surface area contributed by atoms with E-state index in [2.05, 4.69) is 15.3 Å². The summed E-state index contributed by atoms with van der Waals surface area (Å²) in [7, 11) is 0. The molecule has 0 saturated heterocycles. The van der Waals surface area contributed by atoms with Gasteiger partial charge in [0.25, 0.3) is 11.7 Å². The minimum absolute atomic E-state index is 0.101. The summed E-state index contributed by atoms with van der Waals surface area (Å²) in [4.78, 5) is 14.2. The van der Waals surface area contributed by atoms with Crippen molar-refractivity contribution in [2.24, 2.45) is 0 Å². The Hall–Kier alpha value is -2.18. The maximum absolute atomic E-state index is 10.5. The van der Waals surface area contributed by atoms with Crippen molar-refractivity contribution in [3.05, 3.63) is 17.3 Å². The number of carbonyl (C=O) groups is 1. The Morgan fingerprint density at radius 1 is 1.27 bits per heavy atom. The number of aryl methyl sites for hydroxylation is 2. The molecule has 7 nitrogen and oxygen atoms in total. The molecule has 0 unspecified atom stereocenters. The molecule has 0 aromatic carbocycles. The second-order valence-corrected chi connectivity index (χ2v) is 2.93. The Morgan fingerprint density at radius 2 is 2.00 bits per heavy atom. The van der Waals surface area contributed by atoms with E-state index in [0.29, 0.717) is 17.0 Å². The first kappa shape index (κ1) is 9.38. The van der Waals surface area contributed by atoms with E-state index in [9.17, 15) is 4.79 Å². The van der Waals surface area contributed by atoms with Gasteiger partial charge in [0.05, 0.1) is 5.69 Å². The third kappa shape index (κ3) is 1.47. The normalized spacial score (nSPS) is 10.5. The van der Waals surface area contributed by atoms with Crippen molar-refractivity contribution in [2.45, 2.75) is 13.8 Å². The predicted octanol–water partition coefficient (Wildman–Crippen LogP) is 1.04. The van der Waals surface area contributed by atoms with Crippen LogP contribution < -0.4 is 0 Å². The van der Waals surface area contributed by atoms with Crippen LogP contribution in [0.1, 0.15) is 22.1 Å². The molecule has 0 aliphatic heterocycles. The first-order chi connectivity index (χ1) is 7.09. The lowest BCUT2D eigenvalue weighted by molar-refractivity contribution is 0.0680. The highest BCUT2D eigenvalue weighted by atomic mass is 16.5. The molecule has 0 saturated carbocycles. The van der Waals surface area contributed by atoms with Crippen LogP contribution in [0.5, 0.6) is 0 Å². The molecule has 2 heterocycles. The number of carboxylic acid groups (broad SMARTS) is 1. The number of hydrogen-bond acceptors (Lipinski definition) is 6. The van der Waals surface area contributed by atoms with E-state index in [1.165, 1.54) is 0 Å². The molecule has 2 rings (SSSR count). The fourth-order valence-corrected chi connectivity index (χ4v) is 1.20. The van der Waals surface area contributed by atoms with Crippen LogP contribution in [0.2, 0.25) is 0 Å². The quantitative estimate of drug-likeness (QED) is 0.787. The lowest BCUT2D eigenvalue weighted by Gasteiger charge is -1.88. The van der Waals surface area contributed by atoms with Crippen molar-refractivity contribution in [1.82, 2.24) is 15.3 Å². The molecule has 0 fully saturated rings. The van der Waals surface area contributed by atoms with Gasteiger partial charge in [0.2, 0.25) is 0 Å². The van der Waals surface area contributed by atoms with Gasteiger partial charge in [-0.3, -0.25) is 0 Å². The second-order valence-electron chi connectivity index (χ2n) is 2.93. The Balaban J connectivity index is 2.50. The molecule has 2 aromatic heterocycles. The van der Waals surface area contributed by atoms with Crippen LogP contribution in [0.15, 0.2) is 9.05 Å². The number of rotatable bonds is 2. The minimum atomic E-state index is -1.24. The van der Waals surface area contributed by atoms with E-state index < -0.39 is 5.97 Å². The largest absolute Gasteiger partial charge is 0.475 e. The van der Waals surface area contributed by atoms with Gasteiger partial charge < -0.3 is 14.2 Å². The molecule has 0 spiro atoms. The SMILES string of the molecule is Cc1noc(C)c1-c1nc(C(=O)O)no1. The average molecular weight is 209 g/mol. The second kappa shape index (κ2) is 3.19. The van der Waals surface area contributed by atoms with Crippen molar-refractivity contribution >= 4 is 5.97 Å². The van der Waals surface area contributed by atoms with Crippen LogP contribution >= 0.6 is 0 Å². The average Bonchev–Trinajstić information content (AvgIpc) is 2.73.